The smallest absolute Gasteiger partial charge is 0.310 e. The number of nitrogens with zero attached hydrogens (tertiary/aromatic N) is 4. The molecule has 1 N–H and O–H groups in total. The summed E-state index contributed by atoms with van der Waals surface area (Å²) in [4.78, 5) is 20.3. The molecule has 1 aliphatic heterocycles. The van der Waals surface area contributed by atoms with Gasteiger partial charge in [-0.05, 0) is 56.1 Å². The van der Waals surface area contributed by atoms with Gasteiger partial charge in [0, 0.05) is 16.6 Å². The number of benzene rings is 1. The summed E-state index contributed by atoms with van der Waals surface area (Å²) in [6.45, 7) is 3.35. The van der Waals surface area contributed by atoms with Gasteiger partial charge in [0.1, 0.15) is 0 Å². The van der Waals surface area contributed by atoms with Crippen molar-refractivity contribution in [2.24, 2.45) is 5.92 Å². The zero-order valence-electron chi connectivity index (χ0n) is 18.3. The number of halogens is 2. The van der Waals surface area contributed by atoms with Gasteiger partial charge in [0.15, 0.2) is 5.76 Å². The largest absolute Gasteiger partial charge is 0.492 e. The van der Waals surface area contributed by atoms with Crippen LogP contribution in [0.15, 0.2) is 41.0 Å². The molecule has 4 aromatic rings. The molecule has 1 saturated heterocycles. The van der Waals surface area contributed by atoms with Crippen molar-refractivity contribution in [1.82, 2.24) is 19.5 Å². The van der Waals surface area contributed by atoms with Crippen molar-refractivity contribution in [2.45, 2.75) is 25.8 Å². The minimum absolute atomic E-state index is 0.0282. The Morgan fingerprint density at radius 2 is 2.24 bits per heavy atom. The number of piperidine rings is 1. The number of ether oxygens (including phenoxy) is 1. The maximum absolute atomic E-state index is 12.5. The summed E-state index contributed by atoms with van der Waals surface area (Å²) in [5.41, 5.74) is 0.779. The molecule has 0 radical (unpaired) electrons. The first-order valence-electron chi connectivity index (χ1n) is 10.9. The molecule has 1 fully saturated rings. The van der Waals surface area contributed by atoms with Crippen molar-refractivity contribution >= 4 is 45.5 Å². The number of carbonyl (C=O) groups is 1. The summed E-state index contributed by atoms with van der Waals surface area (Å²) in [6.07, 6.45) is 3.12. The third-order valence-corrected chi connectivity index (χ3v) is 7.52. The highest BCUT2D eigenvalue weighted by Gasteiger charge is 2.36. The van der Waals surface area contributed by atoms with Gasteiger partial charge < -0.3 is 14.3 Å². The lowest BCUT2D eigenvalue weighted by Crippen LogP contribution is -2.41. The van der Waals surface area contributed by atoms with E-state index in [9.17, 15) is 9.90 Å². The van der Waals surface area contributed by atoms with Gasteiger partial charge in [0.05, 0.1) is 29.7 Å². The Morgan fingerprint density at radius 1 is 1.38 bits per heavy atom. The fraction of sp³-hybridized carbons (Fsp3) is 0.348. The lowest BCUT2D eigenvalue weighted by atomic mass is 9.94. The second-order valence-electron chi connectivity index (χ2n) is 8.05. The molecule has 1 aromatic carbocycles. The third-order valence-electron chi connectivity index (χ3n) is 5.88. The first-order valence-corrected chi connectivity index (χ1v) is 12.5. The Hall–Kier alpha value is -2.59. The van der Waals surface area contributed by atoms with E-state index in [2.05, 4.69) is 15.0 Å². The first-order chi connectivity index (χ1) is 16.5. The molecule has 1 aliphatic rings. The minimum atomic E-state index is -0.414. The van der Waals surface area contributed by atoms with Crippen molar-refractivity contribution in [2.75, 3.05) is 19.7 Å². The number of esters is 1. The van der Waals surface area contributed by atoms with Crippen molar-refractivity contribution in [3.8, 4) is 17.5 Å². The Balaban J connectivity index is 1.57. The van der Waals surface area contributed by atoms with Gasteiger partial charge in [0.25, 0.3) is 0 Å². The van der Waals surface area contributed by atoms with Crippen LogP contribution in [0.2, 0.25) is 10.0 Å². The van der Waals surface area contributed by atoms with E-state index < -0.39 is 6.04 Å². The second-order valence-corrected chi connectivity index (χ2v) is 9.90. The number of carbonyl (C=O) groups excluding carboxylic acids is 1. The molecule has 5 rings (SSSR count). The Labute approximate surface area is 209 Å². The van der Waals surface area contributed by atoms with Crippen LogP contribution in [0, 0.1) is 5.92 Å². The van der Waals surface area contributed by atoms with E-state index in [1.165, 1.54) is 15.9 Å². The van der Waals surface area contributed by atoms with Crippen molar-refractivity contribution in [3.63, 3.8) is 0 Å². The van der Waals surface area contributed by atoms with Gasteiger partial charge >= 0.3 is 5.97 Å². The van der Waals surface area contributed by atoms with Crippen molar-refractivity contribution in [3.05, 3.63) is 57.1 Å². The summed E-state index contributed by atoms with van der Waals surface area (Å²) in [6, 6.07) is 8.41. The molecule has 0 unspecified atom stereocenters. The minimum Gasteiger partial charge on any atom is -0.492 e. The van der Waals surface area contributed by atoms with Crippen LogP contribution in [0.4, 0.5) is 0 Å². The van der Waals surface area contributed by atoms with E-state index in [-0.39, 0.29) is 17.8 Å². The van der Waals surface area contributed by atoms with Gasteiger partial charge in [-0.15, -0.1) is 5.10 Å². The highest BCUT2D eigenvalue weighted by atomic mass is 35.5. The van der Waals surface area contributed by atoms with Gasteiger partial charge in [-0.3, -0.25) is 9.69 Å². The number of fused-ring (bicyclic) bond motifs is 1. The summed E-state index contributed by atoms with van der Waals surface area (Å²) in [5, 5.41) is 16.6. The molecule has 0 bridgehead atoms. The van der Waals surface area contributed by atoms with Crippen LogP contribution in [-0.4, -0.2) is 50.3 Å². The average molecular weight is 521 g/mol. The molecule has 34 heavy (non-hydrogen) atoms. The molecule has 8 nitrogen and oxygen atoms in total. The summed E-state index contributed by atoms with van der Waals surface area (Å²) >= 11 is 14.1. The normalized spacial score (nSPS) is 17.8. The fourth-order valence-electron chi connectivity index (χ4n) is 4.36. The number of thiazole rings is 1. The van der Waals surface area contributed by atoms with Crippen LogP contribution in [0.3, 0.4) is 0 Å². The number of hydrogen-bond donors (Lipinski definition) is 1. The molecule has 178 valence electrons. The fourth-order valence-corrected chi connectivity index (χ4v) is 5.98. The molecule has 4 heterocycles. The van der Waals surface area contributed by atoms with Crippen LogP contribution < -0.4 is 0 Å². The Bertz CT molecular complexity index is 1320. The number of rotatable bonds is 6. The number of aromatic nitrogens is 3. The Kier molecular flexibility index (Phi) is 6.52. The zero-order chi connectivity index (χ0) is 23.8. The molecule has 3 aromatic heterocycles. The van der Waals surface area contributed by atoms with Crippen molar-refractivity contribution < 1.29 is 19.1 Å². The lowest BCUT2D eigenvalue weighted by molar-refractivity contribution is -0.150. The highest BCUT2D eigenvalue weighted by Crippen LogP contribution is 2.44. The first kappa shape index (κ1) is 23.2. The van der Waals surface area contributed by atoms with E-state index in [1.807, 2.05) is 6.07 Å². The molecule has 0 amide bonds. The number of aromatic hydroxyl groups is 1. The van der Waals surface area contributed by atoms with Crippen LogP contribution in [-0.2, 0) is 9.53 Å². The highest BCUT2D eigenvalue weighted by molar-refractivity contribution is 7.17. The molecule has 11 heteroatoms. The second kappa shape index (κ2) is 9.58. The van der Waals surface area contributed by atoms with E-state index in [0.29, 0.717) is 44.6 Å². The van der Waals surface area contributed by atoms with Gasteiger partial charge in [-0.2, -0.15) is 9.50 Å². The molecule has 0 spiro atoms. The van der Waals surface area contributed by atoms with Gasteiger partial charge in [-0.1, -0.05) is 40.6 Å². The quantitative estimate of drug-likeness (QED) is 0.339. The predicted octanol–water partition coefficient (Wildman–Crippen LogP) is 5.43. The van der Waals surface area contributed by atoms with Crippen LogP contribution >= 0.6 is 34.5 Å². The number of likely N-dealkylation sites (tertiary alicyclic amines) is 1. The topological polar surface area (TPSA) is 93.1 Å². The Morgan fingerprint density at radius 3 is 2.94 bits per heavy atom. The van der Waals surface area contributed by atoms with E-state index in [4.69, 9.17) is 32.4 Å². The van der Waals surface area contributed by atoms with E-state index >= 15 is 0 Å². The molecular formula is C23H22Cl2N4O4S. The molecule has 0 saturated carbocycles. The number of furan rings is 1. The zero-order valence-corrected chi connectivity index (χ0v) is 20.6. The van der Waals surface area contributed by atoms with E-state index in [0.717, 1.165) is 24.9 Å². The summed E-state index contributed by atoms with van der Waals surface area (Å²) in [5.74, 6) is 0.418. The maximum Gasteiger partial charge on any atom is 0.310 e. The molecule has 2 atom stereocenters. The monoisotopic (exact) mass is 520 g/mol. The standard InChI is InChI=1S/C23H22Cl2N4O4S/c1-2-32-22(31)13-5-3-9-28(12-13)18(15-8-7-14(24)11-16(15)25)19-21(30)29-23(34-19)26-20(27-29)17-6-4-10-33-17/h4,6-8,10-11,13,18,30H,2-3,5,9,12H2,1H3/t13-,18-/m0/s1. The van der Waals surface area contributed by atoms with E-state index in [1.54, 1.807) is 37.5 Å². The van der Waals surface area contributed by atoms with Crippen LogP contribution in [0.1, 0.15) is 36.2 Å². The molecular weight excluding hydrogens is 499 g/mol. The van der Waals surface area contributed by atoms with Gasteiger partial charge in [0.2, 0.25) is 16.7 Å². The van der Waals surface area contributed by atoms with Gasteiger partial charge in [-0.25, -0.2) is 0 Å². The number of hydrogen-bond acceptors (Lipinski definition) is 8. The lowest BCUT2D eigenvalue weighted by Gasteiger charge is -2.37. The summed E-state index contributed by atoms with van der Waals surface area (Å²) < 4.78 is 12.1. The third kappa shape index (κ3) is 4.29. The van der Waals surface area contributed by atoms with Crippen molar-refractivity contribution in [1.29, 1.82) is 0 Å². The average Bonchev–Trinajstić information content (AvgIpc) is 3.55. The predicted molar refractivity (Wildman–Crippen MR) is 129 cm³/mol. The van der Waals surface area contributed by atoms with Crippen LogP contribution in [0.5, 0.6) is 5.88 Å². The van der Waals surface area contributed by atoms with Crippen LogP contribution in [0.25, 0.3) is 16.5 Å². The summed E-state index contributed by atoms with van der Waals surface area (Å²) in [7, 11) is 0. The maximum atomic E-state index is 12.5. The SMILES string of the molecule is CCOC(=O)[C@H]1CCCN([C@@H](c2ccc(Cl)cc2Cl)c2sc3nc(-c4ccco4)nn3c2O)C1. The molecule has 0 aliphatic carbocycles.